The predicted octanol–water partition coefficient (Wildman–Crippen LogP) is 4.48. The molecule has 2 atom stereocenters. The van der Waals surface area contributed by atoms with E-state index in [1.165, 1.54) is 0 Å². The lowest BCUT2D eigenvalue weighted by molar-refractivity contribution is -0.120. The number of para-hydroxylation sites is 1. The van der Waals surface area contributed by atoms with Gasteiger partial charge in [-0.1, -0.05) is 24.6 Å². The van der Waals surface area contributed by atoms with Crippen molar-refractivity contribution < 1.29 is 9.53 Å². The number of benzene rings is 2. The minimum atomic E-state index is -0.0116. The number of hydrogen-bond acceptors (Lipinski definition) is 4. The molecule has 138 valence electrons. The SMILES string of the molecule is NC1CCCC(C(=O)Nc2cccc(Oc3ccnc4ccccc34)c2)C1. The van der Waals surface area contributed by atoms with Crippen molar-refractivity contribution in [2.45, 2.75) is 31.7 Å². The van der Waals surface area contributed by atoms with Crippen LogP contribution < -0.4 is 15.8 Å². The van der Waals surface area contributed by atoms with E-state index in [1.807, 2.05) is 54.6 Å². The molecule has 1 heterocycles. The number of amides is 1. The molecule has 1 saturated carbocycles. The van der Waals surface area contributed by atoms with Crippen LogP contribution >= 0.6 is 0 Å². The number of fused-ring (bicyclic) bond motifs is 1. The summed E-state index contributed by atoms with van der Waals surface area (Å²) in [5.41, 5.74) is 7.62. The molecule has 1 aliphatic carbocycles. The number of carbonyl (C=O) groups is 1. The summed E-state index contributed by atoms with van der Waals surface area (Å²) in [4.78, 5) is 16.9. The number of nitrogens with two attached hydrogens (primary N) is 1. The molecule has 1 amide bonds. The van der Waals surface area contributed by atoms with Gasteiger partial charge in [0.25, 0.3) is 0 Å². The first kappa shape index (κ1) is 17.5. The summed E-state index contributed by atoms with van der Waals surface area (Å²) >= 11 is 0. The number of pyridine rings is 1. The highest BCUT2D eigenvalue weighted by Crippen LogP contribution is 2.30. The third kappa shape index (κ3) is 4.09. The molecule has 2 unspecified atom stereocenters. The highest BCUT2D eigenvalue weighted by Gasteiger charge is 2.25. The Morgan fingerprint density at radius 3 is 2.89 bits per heavy atom. The van der Waals surface area contributed by atoms with Gasteiger partial charge in [0.2, 0.25) is 5.91 Å². The minimum absolute atomic E-state index is 0.0116. The van der Waals surface area contributed by atoms with Crippen LogP contribution in [0.15, 0.2) is 60.8 Å². The van der Waals surface area contributed by atoms with E-state index in [0.717, 1.165) is 48.0 Å². The first-order valence-corrected chi connectivity index (χ1v) is 9.37. The van der Waals surface area contributed by atoms with Crippen molar-refractivity contribution in [2.75, 3.05) is 5.32 Å². The fourth-order valence-corrected chi connectivity index (χ4v) is 3.63. The summed E-state index contributed by atoms with van der Waals surface area (Å²) in [5, 5.41) is 3.96. The molecule has 5 heteroatoms. The maximum atomic E-state index is 12.5. The standard InChI is InChI=1S/C22H23N3O2/c23-16-6-3-5-15(13-16)22(26)25-17-7-4-8-18(14-17)27-21-11-12-24-20-10-2-1-9-19(20)21/h1-2,4,7-12,14-16H,3,5-6,13,23H2,(H,25,26). The zero-order valence-electron chi connectivity index (χ0n) is 15.1. The van der Waals surface area contributed by atoms with Crippen molar-refractivity contribution in [3.05, 3.63) is 60.8 Å². The molecule has 3 N–H and O–H groups in total. The molecule has 2 aromatic carbocycles. The Bertz CT molecular complexity index is 952. The second-order valence-corrected chi connectivity index (χ2v) is 7.07. The van der Waals surface area contributed by atoms with E-state index in [2.05, 4.69) is 10.3 Å². The van der Waals surface area contributed by atoms with Crippen molar-refractivity contribution >= 4 is 22.5 Å². The lowest BCUT2D eigenvalue weighted by Gasteiger charge is -2.25. The van der Waals surface area contributed by atoms with Crippen LogP contribution in [0.5, 0.6) is 11.5 Å². The van der Waals surface area contributed by atoms with Gasteiger partial charge in [-0.15, -0.1) is 0 Å². The smallest absolute Gasteiger partial charge is 0.227 e. The second-order valence-electron chi connectivity index (χ2n) is 7.07. The van der Waals surface area contributed by atoms with Crippen LogP contribution in [0.1, 0.15) is 25.7 Å². The maximum absolute atomic E-state index is 12.5. The van der Waals surface area contributed by atoms with Gasteiger partial charge in [0, 0.05) is 35.3 Å². The fraction of sp³-hybridized carbons (Fsp3) is 0.273. The summed E-state index contributed by atoms with van der Waals surface area (Å²) in [7, 11) is 0. The number of anilines is 1. The predicted molar refractivity (Wildman–Crippen MR) is 107 cm³/mol. The van der Waals surface area contributed by atoms with Gasteiger partial charge in [-0.05, 0) is 49.6 Å². The minimum Gasteiger partial charge on any atom is -0.457 e. The van der Waals surface area contributed by atoms with Gasteiger partial charge in [-0.2, -0.15) is 0 Å². The topological polar surface area (TPSA) is 77.2 Å². The zero-order valence-corrected chi connectivity index (χ0v) is 15.1. The molecule has 0 bridgehead atoms. The Balaban J connectivity index is 1.50. The molecule has 3 aromatic rings. The van der Waals surface area contributed by atoms with Crippen LogP contribution in [-0.4, -0.2) is 16.9 Å². The van der Waals surface area contributed by atoms with Crippen molar-refractivity contribution in [1.82, 2.24) is 4.98 Å². The number of aromatic nitrogens is 1. The van der Waals surface area contributed by atoms with Crippen LogP contribution in [0, 0.1) is 5.92 Å². The van der Waals surface area contributed by atoms with Crippen LogP contribution in [0.4, 0.5) is 5.69 Å². The van der Waals surface area contributed by atoms with Gasteiger partial charge in [-0.25, -0.2) is 0 Å². The second kappa shape index (κ2) is 7.76. The molecule has 0 aliphatic heterocycles. The van der Waals surface area contributed by atoms with E-state index in [0.29, 0.717) is 5.75 Å². The van der Waals surface area contributed by atoms with Crippen LogP contribution in [0.25, 0.3) is 10.9 Å². The van der Waals surface area contributed by atoms with E-state index >= 15 is 0 Å². The van der Waals surface area contributed by atoms with E-state index < -0.39 is 0 Å². The molecular weight excluding hydrogens is 338 g/mol. The Labute approximate surface area is 158 Å². The lowest BCUT2D eigenvalue weighted by Crippen LogP contribution is -2.34. The monoisotopic (exact) mass is 361 g/mol. The lowest BCUT2D eigenvalue weighted by atomic mass is 9.85. The van der Waals surface area contributed by atoms with Crippen LogP contribution in [0.3, 0.4) is 0 Å². The van der Waals surface area contributed by atoms with E-state index in [9.17, 15) is 4.79 Å². The van der Waals surface area contributed by atoms with E-state index in [1.54, 1.807) is 6.20 Å². The molecule has 1 aliphatic rings. The molecule has 4 rings (SSSR count). The van der Waals surface area contributed by atoms with Gasteiger partial charge >= 0.3 is 0 Å². The fourth-order valence-electron chi connectivity index (χ4n) is 3.63. The highest BCUT2D eigenvalue weighted by molar-refractivity contribution is 5.93. The molecular formula is C22H23N3O2. The number of hydrogen-bond donors (Lipinski definition) is 2. The number of rotatable bonds is 4. The Morgan fingerprint density at radius 1 is 1.11 bits per heavy atom. The number of ether oxygens (including phenoxy) is 1. The largest absolute Gasteiger partial charge is 0.457 e. The van der Waals surface area contributed by atoms with Gasteiger partial charge < -0.3 is 15.8 Å². The average Bonchev–Trinajstić information content (AvgIpc) is 2.69. The molecule has 1 fully saturated rings. The molecule has 5 nitrogen and oxygen atoms in total. The quantitative estimate of drug-likeness (QED) is 0.718. The Morgan fingerprint density at radius 2 is 2.00 bits per heavy atom. The summed E-state index contributed by atoms with van der Waals surface area (Å²) in [6, 6.07) is 17.3. The average molecular weight is 361 g/mol. The third-order valence-electron chi connectivity index (χ3n) is 5.02. The molecule has 0 spiro atoms. The number of nitrogens with zero attached hydrogens (tertiary/aromatic N) is 1. The van der Waals surface area contributed by atoms with Crippen molar-refractivity contribution in [2.24, 2.45) is 11.7 Å². The first-order chi connectivity index (χ1) is 13.2. The number of carbonyl (C=O) groups excluding carboxylic acids is 1. The normalized spacial score (nSPS) is 19.6. The summed E-state index contributed by atoms with van der Waals surface area (Å²) in [6.45, 7) is 0. The number of nitrogens with one attached hydrogen (secondary N) is 1. The van der Waals surface area contributed by atoms with Gasteiger partial charge in [0.05, 0.1) is 5.52 Å². The Hall–Kier alpha value is -2.92. The van der Waals surface area contributed by atoms with E-state index in [4.69, 9.17) is 10.5 Å². The molecule has 0 saturated heterocycles. The van der Waals surface area contributed by atoms with Gasteiger partial charge in [0.1, 0.15) is 11.5 Å². The Kier molecular flexibility index (Phi) is 5.03. The zero-order chi connectivity index (χ0) is 18.6. The van der Waals surface area contributed by atoms with Crippen LogP contribution in [0.2, 0.25) is 0 Å². The maximum Gasteiger partial charge on any atom is 0.227 e. The molecule has 0 radical (unpaired) electrons. The molecule has 1 aromatic heterocycles. The highest BCUT2D eigenvalue weighted by atomic mass is 16.5. The van der Waals surface area contributed by atoms with Crippen molar-refractivity contribution in [1.29, 1.82) is 0 Å². The van der Waals surface area contributed by atoms with Gasteiger partial charge in [-0.3, -0.25) is 9.78 Å². The van der Waals surface area contributed by atoms with E-state index in [-0.39, 0.29) is 17.9 Å². The summed E-state index contributed by atoms with van der Waals surface area (Å²) in [6.07, 6.45) is 5.41. The van der Waals surface area contributed by atoms with Gasteiger partial charge in [0.15, 0.2) is 0 Å². The van der Waals surface area contributed by atoms with Crippen molar-refractivity contribution in [3.8, 4) is 11.5 Å². The first-order valence-electron chi connectivity index (χ1n) is 9.37. The molecule has 27 heavy (non-hydrogen) atoms. The van der Waals surface area contributed by atoms with Crippen molar-refractivity contribution in [3.63, 3.8) is 0 Å². The van der Waals surface area contributed by atoms with Crippen LogP contribution in [-0.2, 0) is 4.79 Å². The summed E-state index contributed by atoms with van der Waals surface area (Å²) < 4.78 is 6.07. The summed E-state index contributed by atoms with van der Waals surface area (Å²) in [5.74, 6) is 1.44. The third-order valence-corrected chi connectivity index (χ3v) is 5.02.